The van der Waals surface area contributed by atoms with E-state index in [1.165, 1.54) is 33.0 Å². The van der Waals surface area contributed by atoms with E-state index < -0.39 is 0 Å². The normalized spacial score (nSPS) is 11.5. The second kappa shape index (κ2) is 13.8. The molecule has 268 valence electrons. The number of hydrogen-bond acceptors (Lipinski definition) is 4. The van der Waals surface area contributed by atoms with Crippen molar-refractivity contribution in [2.75, 3.05) is 4.90 Å². The summed E-state index contributed by atoms with van der Waals surface area (Å²) in [5, 5.41) is 5.67. The zero-order valence-corrected chi connectivity index (χ0v) is 31.7. The second-order valence-electron chi connectivity index (χ2n) is 14.4. The summed E-state index contributed by atoms with van der Waals surface area (Å²) in [6.07, 6.45) is 0. The summed E-state index contributed by atoms with van der Waals surface area (Å²) in [4.78, 5) is 7.63. The molecule has 11 aromatic rings. The molecule has 0 aliphatic rings. The van der Waals surface area contributed by atoms with E-state index >= 15 is 0 Å². The fourth-order valence-corrected chi connectivity index (χ4v) is 9.09. The molecule has 0 amide bonds. The van der Waals surface area contributed by atoms with Gasteiger partial charge in [0.2, 0.25) is 0 Å². The first kappa shape index (κ1) is 33.1. The van der Waals surface area contributed by atoms with Crippen LogP contribution >= 0.6 is 11.3 Å². The molecule has 3 nitrogen and oxygen atoms in total. The van der Waals surface area contributed by atoms with Gasteiger partial charge in [-0.15, -0.1) is 11.3 Å². The molecule has 0 atom stereocenters. The topological polar surface area (TPSA) is 29.3 Å². The van der Waals surface area contributed by atoms with Crippen molar-refractivity contribution in [2.45, 2.75) is 0 Å². The maximum Gasteiger partial charge on any atom is 0.137 e. The lowest BCUT2D eigenvalue weighted by molar-refractivity contribution is 0.669. The van der Waals surface area contributed by atoms with E-state index in [1.807, 2.05) is 18.2 Å². The highest BCUT2D eigenvalue weighted by Crippen LogP contribution is 2.45. The SMILES string of the molecule is c1ccc(-c2ccc(N(c3ccc(-c4ccc5ccccc5c4)cc3)c3ccc(-c4c5nc(-c6ccccc6)sc5cc5oc6ccccc6c45)cc3)cc2)cc1. The summed E-state index contributed by atoms with van der Waals surface area (Å²) in [6, 6.07) is 73.4. The Labute approximate surface area is 334 Å². The number of aromatic nitrogens is 1. The van der Waals surface area contributed by atoms with Gasteiger partial charge in [0.15, 0.2) is 0 Å². The molecule has 11 rings (SSSR count). The van der Waals surface area contributed by atoms with Gasteiger partial charge in [0, 0.05) is 45.0 Å². The quantitative estimate of drug-likeness (QED) is 0.163. The third-order valence-electron chi connectivity index (χ3n) is 10.9. The van der Waals surface area contributed by atoms with E-state index in [1.54, 1.807) is 11.3 Å². The van der Waals surface area contributed by atoms with E-state index in [0.29, 0.717) is 0 Å². The van der Waals surface area contributed by atoms with Crippen molar-refractivity contribution in [3.8, 4) is 44.0 Å². The third-order valence-corrected chi connectivity index (χ3v) is 12.0. The first-order valence-corrected chi connectivity index (χ1v) is 20.0. The molecule has 0 spiro atoms. The van der Waals surface area contributed by atoms with Crippen LogP contribution in [-0.4, -0.2) is 4.98 Å². The Bertz CT molecular complexity index is 3200. The van der Waals surface area contributed by atoms with Crippen molar-refractivity contribution in [1.29, 1.82) is 0 Å². The number of fused-ring (bicyclic) bond motifs is 5. The molecule has 2 aromatic heterocycles. The van der Waals surface area contributed by atoms with E-state index in [0.717, 1.165) is 70.9 Å². The molecular formula is C53H34N2OS. The van der Waals surface area contributed by atoms with Gasteiger partial charge >= 0.3 is 0 Å². The Balaban J connectivity index is 1.04. The number of benzene rings is 9. The van der Waals surface area contributed by atoms with Gasteiger partial charge in [0.05, 0.1) is 10.2 Å². The minimum absolute atomic E-state index is 0.873. The number of para-hydroxylation sites is 1. The average Bonchev–Trinajstić information content (AvgIpc) is 3.88. The molecule has 2 heterocycles. The lowest BCUT2D eigenvalue weighted by Crippen LogP contribution is -2.09. The molecule has 0 fully saturated rings. The van der Waals surface area contributed by atoms with E-state index in [9.17, 15) is 0 Å². The Morgan fingerprint density at radius 3 is 1.61 bits per heavy atom. The third kappa shape index (κ3) is 5.95. The molecule has 57 heavy (non-hydrogen) atoms. The summed E-state index contributed by atoms with van der Waals surface area (Å²) >= 11 is 1.71. The molecular weight excluding hydrogens is 713 g/mol. The first-order valence-electron chi connectivity index (χ1n) is 19.2. The van der Waals surface area contributed by atoms with Gasteiger partial charge in [0.1, 0.15) is 16.2 Å². The highest BCUT2D eigenvalue weighted by molar-refractivity contribution is 7.21. The molecule has 0 bridgehead atoms. The van der Waals surface area contributed by atoms with Crippen molar-refractivity contribution >= 4 is 71.3 Å². The Kier molecular flexibility index (Phi) is 8.01. The van der Waals surface area contributed by atoms with E-state index in [4.69, 9.17) is 9.40 Å². The minimum Gasteiger partial charge on any atom is -0.456 e. The van der Waals surface area contributed by atoms with Crippen molar-refractivity contribution in [3.05, 3.63) is 206 Å². The average molecular weight is 747 g/mol. The van der Waals surface area contributed by atoms with Crippen LogP contribution in [0.2, 0.25) is 0 Å². The van der Waals surface area contributed by atoms with Crippen molar-refractivity contribution in [2.24, 2.45) is 0 Å². The van der Waals surface area contributed by atoms with Crippen LogP contribution in [0.5, 0.6) is 0 Å². The molecule has 0 saturated carbocycles. The van der Waals surface area contributed by atoms with Crippen molar-refractivity contribution in [1.82, 2.24) is 4.98 Å². The fourth-order valence-electron chi connectivity index (χ4n) is 8.09. The van der Waals surface area contributed by atoms with Crippen molar-refractivity contribution in [3.63, 3.8) is 0 Å². The first-order chi connectivity index (χ1) is 28.2. The molecule has 4 heteroatoms. The Morgan fingerprint density at radius 2 is 0.930 bits per heavy atom. The monoisotopic (exact) mass is 746 g/mol. The number of furan rings is 1. The number of hydrogen-bond donors (Lipinski definition) is 0. The molecule has 0 radical (unpaired) electrons. The molecule has 0 N–H and O–H groups in total. The second-order valence-corrected chi connectivity index (χ2v) is 15.4. The number of anilines is 3. The van der Waals surface area contributed by atoms with Crippen LogP contribution in [0.15, 0.2) is 211 Å². The Morgan fingerprint density at radius 1 is 0.404 bits per heavy atom. The molecule has 0 saturated heterocycles. The van der Waals surface area contributed by atoms with Gasteiger partial charge < -0.3 is 9.32 Å². The van der Waals surface area contributed by atoms with Gasteiger partial charge in [-0.1, -0.05) is 152 Å². The summed E-state index contributed by atoms with van der Waals surface area (Å²) < 4.78 is 7.59. The summed E-state index contributed by atoms with van der Waals surface area (Å²) in [5.41, 5.74) is 14.0. The van der Waals surface area contributed by atoms with Crippen LogP contribution in [0, 0.1) is 0 Å². The molecule has 0 aliphatic carbocycles. The van der Waals surface area contributed by atoms with Crippen LogP contribution in [0.25, 0.3) is 86.9 Å². The van der Waals surface area contributed by atoms with Crippen LogP contribution in [0.4, 0.5) is 17.1 Å². The lowest BCUT2D eigenvalue weighted by Gasteiger charge is -2.26. The van der Waals surface area contributed by atoms with Gasteiger partial charge in [0.25, 0.3) is 0 Å². The maximum absolute atomic E-state index is 6.49. The number of rotatable bonds is 7. The van der Waals surface area contributed by atoms with Crippen LogP contribution < -0.4 is 4.90 Å². The van der Waals surface area contributed by atoms with Gasteiger partial charge in [-0.3, -0.25) is 0 Å². The van der Waals surface area contributed by atoms with E-state index in [-0.39, 0.29) is 0 Å². The maximum atomic E-state index is 6.49. The van der Waals surface area contributed by atoms with Crippen LogP contribution in [-0.2, 0) is 0 Å². The summed E-state index contributed by atoms with van der Waals surface area (Å²) in [6.45, 7) is 0. The van der Waals surface area contributed by atoms with Gasteiger partial charge in [-0.25, -0.2) is 4.98 Å². The lowest BCUT2D eigenvalue weighted by atomic mass is 9.97. The fraction of sp³-hybridized carbons (Fsp3) is 0. The van der Waals surface area contributed by atoms with E-state index in [2.05, 4.69) is 193 Å². The minimum atomic E-state index is 0.873. The van der Waals surface area contributed by atoms with Gasteiger partial charge in [-0.05, 0) is 87.1 Å². The predicted octanol–water partition coefficient (Wildman–Crippen LogP) is 15.5. The molecule has 9 aromatic carbocycles. The number of nitrogens with zero attached hydrogens (tertiary/aromatic N) is 2. The standard InChI is InChI=1S/C53H34N2OS/c1-3-11-35(12-4-1)37-21-27-43(28-22-37)55(44-29-23-38(24-30-44)42-20-19-36-13-7-8-16-41(36)33-42)45-31-25-39(26-32-45)50-51-46-17-9-10-18-47(46)56-48(51)34-49-52(50)54-53(57-49)40-14-5-2-6-15-40/h1-34H. The summed E-state index contributed by atoms with van der Waals surface area (Å²) in [5.74, 6) is 0. The summed E-state index contributed by atoms with van der Waals surface area (Å²) in [7, 11) is 0. The highest BCUT2D eigenvalue weighted by atomic mass is 32.1. The van der Waals surface area contributed by atoms with Crippen molar-refractivity contribution < 1.29 is 4.42 Å². The smallest absolute Gasteiger partial charge is 0.137 e. The molecule has 0 aliphatic heterocycles. The van der Waals surface area contributed by atoms with Crippen LogP contribution in [0.1, 0.15) is 0 Å². The zero-order valence-electron chi connectivity index (χ0n) is 30.8. The highest BCUT2D eigenvalue weighted by Gasteiger charge is 2.21. The van der Waals surface area contributed by atoms with Crippen LogP contribution in [0.3, 0.4) is 0 Å². The zero-order chi connectivity index (χ0) is 37.7. The Hall–Kier alpha value is -7.27. The molecule has 0 unspecified atom stereocenters. The predicted molar refractivity (Wildman–Crippen MR) is 241 cm³/mol. The van der Waals surface area contributed by atoms with Gasteiger partial charge in [-0.2, -0.15) is 0 Å². The number of thiazole rings is 1. The largest absolute Gasteiger partial charge is 0.456 e.